The molecule has 14 heavy (non-hydrogen) atoms. The van der Waals surface area contributed by atoms with Crippen LogP contribution in [0.2, 0.25) is 0 Å². The number of aromatic carboxylic acids is 1. The van der Waals surface area contributed by atoms with Gasteiger partial charge in [0.15, 0.2) is 0 Å². The van der Waals surface area contributed by atoms with Crippen molar-refractivity contribution < 1.29 is 14.6 Å². The first-order valence-corrected chi connectivity index (χ1v) is 4.63. The maximum Gasteiger partial charge on any atom is 0.339 e. The van der Waals surface area contributed by atoms with Gasteiger partial charge in [0.2, 0.25) is 0 Å². The van der Waals surface area contributed by atoms with Crippen molar-refractivity contribution in [1.29, 1.82) is 0 Å². The number of carbonyl (C=O) groups is 1. The number of carboxylic acid groups (broad SMARTS) is 1. The zero-order chi connectivity index (χ0) is 9.97. The summed E-state index contributed by atoms with van der Waals surface area (Å²) in [5.41, 5.74) is 0.956. The van der Waals surface area contributed by atoms with Crippen LogP contribution in [0.25, 0.3) is 0 Å². The van der Waals surface area contributed by atoms with Crippen molar-refractivity contribution in [2.75, 3.05) is 13.2 Å². The largest absolute Gasteiger partial charge is 0.478 e. The molecule has 5 heteroatoms. The fraction of sp³-hybridized carbons (Fsp3) is 0.556. The summed E-state index contributed by atoms with van der Waals surface area (Å²) in [5.74, 6) is -0.781. The lowest BCUT2D eigenvalue weighted by molar-refractivity contribution is 0.0679. The van der Waals surface area contributed by atoms with E-state index < -0.39 is 5.97 Å². The van der Waals surface area contributed by atoms with Gasteiger partial charge in [0.05, 0.1) is 18.5 Å². The number of nitrogens with one attached hydrogen (secondary N) is 1. The van der Waals surface area contributed by atoms with E-state index in [4.69, 9.17) is 9.84 Å². The van der Waals surface area contributed by atoms with Gasteiger partial charge >= 0.3 is 5.97 Å². The average Bonchev–Trinajstić information content (AvgIpc) is 2.67. The number of hydrogen-bond acceptors (Lipinski definition) is 3. The van der Waals surface area contributed by atoms with Crippen molar-refractivity contribution in [3.05, 3.63) is 17.5 Å². The number of aromatic nitrogens is 2. The minimum Gasteiger partial charge on any atom is -0.478 e. The summed E-state index contributed by atoms with van der Waals surface area (Å²) in [5, 5.41) is 15.4. The number of aromatic amines is 1. The molecular weight excluding hydrogens is 184 g/mol. The van der Waals surface area contributed by atoms with Crippen molar-refractivity contribution in [3.8, 4) is 0 Å². The first-order valence-electron chi connectivity index (χ1n) is 4.63. The fourth-order valence-electron chi connectivity index (χ4n) is 1.75. The summed E-state index contributed by atoms with van der Waals surface area (Å²) in [6.45, 7) is 1.36. The molecule has 0 saturated carbocycles. The van der Waals surface area contributed by atoms with Crippen molar-refractivity contribution in [2.24, 2.45) is 0 Å². The summed E-state index contributed by atoms with van der Waals surface area (Å²) in [7, 11) is 0. The zero-order valence-electron chi connectivity index (χ0n) is 7.69. The molecule has 0 spiro atoms. The number of rotatable bonds is 2. The van der Waals surface area contributed by atoms with E-state index in [1.165, 1.54) is 6.20 Å². The van der Waals surface area contributed by atoms with Crippen LogP contribution in [-0.4, -0.2) is 34.5 Å². The van der Waals surface area contributed by atoms with Crippen molar-refractivity contribution in [2.45, 2.75) is 18.8 Å². The molecule has 2 N–H and O–H groups in total. The molecule has 1 aromatic rings. The van der Waals surface area contributed by atoms with Gasteiger partial charge in [0.1, 0.15) is 5.56 Å². The minimum absolute atomic E-state index is 0.150. The van der Waals surface area contributed by atoms with E-state index in [0.29, 0.717) is 12.3 Å². The lowest BCUT2D eigenvalue weighted by Crippen LogP contribution is -2.18. The summed E-state index contributed by atoms with van der Waals surface area (Å²) in [6.07, 6.45) is 3.29. The van der Waals surface area contributed by atoms with Crippen LogP contribution in [0.3, 0.4) is 0 Å². The number of ether oxygens (including phenoxy) is 1. The molecule has 0 radical (unpaired) electrons. The molecule has 1 atom stereocenters. The highest BCUT2D eigenvalue weighted by Gasteiger charge is 2.23. The Labute approximate surface area is 81.1 Å². The molecule has 0 bridgehead atoms. The average molecular weight is 196 g/mol. The number of hydrogen-bond donors (Lipinski definition) is 2. The molecule has 1 fully saturated rings. The minimum atomic E-state index is -0.931. The van der Waals surface area contributed by atoms with Crippen LogP contribution in [0.15, 0.2) is 6.20 Å². The van der Waals surface area contributed by atoms with Gasteiger partial charge in [-0.05, 0) is 12.8 Å². The van der Waals surface area contributed by atoms with E-state index in [-0.39, 0.29) is 11.5 Å². The lowest BCUT2D eigenvalue weighted by Gasteiger charge is -2.21. The SMILES string of the molecule is O=C(O)c1cn[nH]c1C1CCCOC1. The second-order valence-corrected chi connectivity index (χ2v) is 3.42. The molecule has 5 nitrogen and oxygen atoms in total. The van der Waals surface area contributed by atoms with E-state index in [1.54, 1.807) is 0 Å². The van der Waals surface area contributed by atoms with Crippen LogP contribution in [0, 0.1) is 0 Å². The molecule has 1 unspecified atom stereocenters. The molecule has 1 aliphatic rings. The normalized spacial score (nSPS) is 22.1. The molecule has 1 aliphatic heterocycles. The van der Waals surface area contributed by atoms with E-state index >= 15 is 0 Å². The third kappa shape index (κ3) is 1.63. The quantitative estimate of drug-likeness (QED) is 0.740. The predicted octanol–water partition coefficient (Wildman–Crippen LogP) is 1.00. The molecule has 1 saturated heterocycles. The van der Waals surface area contributed by atoms with Gasteiger partial charge in [0.25, 0.3) is 0 Å². The number of nitrogens with zero attached hydrogens (tertiary/aromatic N) is 1. The first-order chi connectivity index (χ1) is 6.79. The Morgan fingerprint density at radius 3 is 3.21 bits per heavy atom. The molecule has 0 amide bonds. The fourth-order valence-corrected chi connectivity index (χ4v) is 1.75. The van der Waals surface area contributed by atoms with Crippen molar-refractivity contribution >= 4 is 5.97 Å². The van der Waals surface area contributed by atoms with Crippen molar-refractivity contribution in [3.63, 3.8) is 0 Å². The third-order valence-corrected chi connectivity index (χ3v) is 2.47. The van der Waals surface area contributed by atoms with Crippen LogP contribution >= 0.6 is 0 Å². The van der Waals surface area contributed by atoms with E-state index in [1.807, 2.05) is 0 Å². The van der Waals surface area contributed by atoms with Gasteiger partial charge in [-0.1, -0.05) is 0 Å². The van der Waals surface area contributed by atoms with Crippen LogP contribution in [-0.2, 0) is 4.74 Å². The van der Waals surface area contributed by atoms with E-state index in [0.717, 1.165) is 19.4 Å². The second kappa shape index (κ2) is 3.79. The molecule has 1 aromatic heterocycles. The summed E-state index contributed by atoms with van der Waals surface area (Å²) >= 11 is 0. The van der Waals surface area contributed by atoms with Gasteiger partial charge in [0, 0.05) is 12.5 Å². The topological polar surface area (TPSA) is 75.2 Å². The Kier molecular flexibility index (Phi) is 2.49. The van der Waals surface area contributed by atoms with Gasteiger partial charge in [-0.25, -0.2) is 4.79 Å². The monoisotopic (exact) mass is 196 g/mol. The smallest absolute Gasteiger partial charge is 0.339 e. The Balaban J connectivity index is 2.21. The summed E-state index contributed by atoms with van der Waals surface area (Å²) in [6, 6.07) is 0. The van der Waals surface area contributed by atoms with E-state index in [2.05, 4.69) is 10.2 Å². The summed E-state index contributed by atoms with van der Waals surface area (Å²) < 4.78 is 5.30. The Morgan fingerprint density at radius 2 is 2.57 bits per heavy atom. The second-order valence-electron chi connectivity index (χ2n) is 3.42. The Morgan fingerprint density at radius 1 is 1.71 bits per heavy atom. The lowest BCUT2D eigenvalue weighted by atomic mass is 9.96. The Hall–Kier alpha value is -1.36. The summed E-state index contributed by atoms with van der Waals surface area (Å²) in [4.78, 5) is 10.8. The number of H-pyrrole nitrogens is 1. The maximum absolute atomic E-state index is 10.8. The molecule has 2 rings (SSSR count). The van der Waals surface area contributed by atoms with Gasteiger partial charge in [-0.2, -0.15) is 5.10 Å². The van der Waals surface area contributed by atoms with Crippen LogP contribution in [0.4, 0.5) is 0 Å². The van der Waals surface area contributed by atoms with Crippen LogP contribution in [0.1, 0.15) is 34.8 Å². The van der Waals surface area contributed by atoms with E-state index in [9.17, 15) is 4.79 Å². The van der Waals surface area contributed by atoms with Crippen molar-refractivity contribution in [1.82, 2.24) is 10.2 Å². The van der Waals surface area contributed by atoms with Gasteiger partial charge < -0.3 is 9.84 Å². The highest BCUT2D eigenvalue weighted by Crippen LogP contribution is 2.26. The Bertz CT molecular complexity index is 329. The van der Waals surface area contributed by atoms with Crippen LogP contribution in [0.5, 0.6) is 0 Å². The van der Waals surface area contributed by atoms with Gasteiger partial charge in [-0.3, -0.25) is 5.10 Å². The molecule has 76 valence electrons. The molecule has 0 aliphatic carbocycles. The standard InChI is InChI=1S/C9H12N2O3/c12-9(13)7-4-10-11-8(7)6-2-1-3-14-5-6/h4,6H,1-3,5H2,(H,10,11)(H,12,13). The molecule has 0 aromatic carbocycles. The zero-order valence-corrected chi connectivity index (χ0v) is 7.69. The third-order valence-electron chi connectivity index (χ3n) is 2.47. The predicted molar refractivity (Wildman–Crippen MR) is 48.3 cm³/mol. The first kappa shape index (κ1) is 9.21. The van der Waals surface area contributed by atoms with Gasteiger partial charge in [-0.15, -0.1) is 0 Å². The highest BCUT2D eigenvalue weighted by molar-refractivity contribution is 5.88. The highest BCUT2D eigenvalue weighted by atomic mass is 16.5. The number of carboxylic acids is 1. The molecular formula is C9H12N2O3. The maximum atomic E-state index is 10.8. The molecule has 2 heterocycles. The van der Waals surface area contributed by atoms with Crippen LogP contribution < -0.4 is 0 Å².